The van der Waals surface area contributed by atoms with Gasteiger partial charge in [-0.1, -0.05) is 0 Å². The summed E-state index contributed by atoms with van der Waals surface area (Å²) in [4.78, 5) is 1.26. The molecule has 0 atom stereocenters. The SMILES string of the molecule is C[Si](C)(CCl)[CH2][Ge][Cl]. The van der Waals surface area contributed by atoms with E-state index >= 15 is 0 Å². The molecule has 0 rings (SSSR count). The molecule has 0 bridgehead atoms. The van der Waals surface area contributed by atoms with E-state index in [2.05, 4.69) is 13.1 Å². The van der Waals surface area contributed by atoms with Gasteiger partial charge in [-0.2, -0.15) is 0 Å². The molecule has 0 aromatic carbocycles. The zero-order chi connectivity index (χ0) is 6.62. The Morgan fingerprint density at radius 2 is 2.00 bits per heavy atom. The second-order valence-electron chi connectivity index (χ2n) is 2.61. The van der Waals surface area contributed by atoms with Crippen LogP contribution in [0.2, 0.25) is 18.0 Å². The van der Waals surface area contributed by atoms with Crippen LogP contribution in [-0.2, 0) is 0 Å². The van der Waals surface area contributed by atoms with E-state index in [-0.39, 0.29) is 14.5 Å². The van der Waals surface area contributed by atoms with E-state index in [1.54, 1.807) is 0 Å². The minimum atomic E-state index is -0.988. The Bertz CT molecular complexity index is 67.1. The van der Waals surface area contributed by atoms with Crippen LogP contribution in [0, 0.1) is 0 Å². The molecule has 0 heterocycles. The summed E-state index contributed by atoms with van der Waals surface area (Å²) in [5.41, 5.74) is 0.864. The first-order valence-corrected chi connectivity index (χ1v) is 10.7. The third-order valence-electron chi connectivity index (χ3n) is 0.907. The third-order valence-corrected chi connectivity index (χ3v) is 13.8. The second-order valence-corrected chi connectivity index (χ2v) is 12.5. The van der Waals surface area contributed by atoms with Crippen molar-refractivity contribution in [3.05, 3.63) is 0 Å². The van der Waals surface area contributed by atoms with Gasteiger partial charge in [0, 0.05) is 0 Å². The van der Waals surface area contributed by atoms with Gasteiger partial charge in [-0.3, -0.25) is 0 Å². The Balaban J connectivity index is 3.37. The maximum atomic E-state index is 5.70. The van der Waals surface area contributed by atoms with E-state index in [0.717, 1.165) is 5.50 Å². The predicted octanol–water partition coefficient (Wildman–Crippen LogP) is 2.29. The molecule has 0 aromatic heterocycles. The van der Waals surface area contributed by atoms with Crippen molar-refractivity contribution in [2.45, 2.75) is 18.0 Å². The third kappa shape index (κ3) is 4.24. The minimum absolute atomic E-state index is 0.150. The first-order valence-electron chi connectivity index (χ1n) is 2.52. The van der Waals surface area contributed by atoms with E-state index in [4.69, 9.17) is 21.6 Å². The van der Waals surface area contributed by atoms with Crippen molar-refractivity contribution in [3.63, 3.8) is 0 Å². The van der Waals surface area contributed by atoms with Crippen LogP contribution in [0.15, 0.2) is 0 Å². The molecular formula is C4H10Cl2GeSi. The molecule has 0 fully saturated rings. The van der Waals surface area contributed by atoms with E-state index in [1.165, 1.54) is 4.88 Å². The fraction of sp³-hybridized carbons (Fsp3) is 1.00. The van der Waals surface area contributed by atoms with Crippen LogP contribution in [0.5, 0.6) is 0 Å². The zero-order valence-electron chi connectivity index (χ0n) is 5.17. The second kappa shape index (κ2) is 4.20. The molecule has 0 unspecified atom stereocenters. The van der Waals surface area contributed by atoms with Gasteiger partial charge in [-0.15, -0.1) is 0 Å². The van der Waals surface area contributed by atoms with Gasteiger partial charge >= 0.3 is 67.7 Å². The van der Waals surface area contributed by atoms with E-state index in [9.17, 15) is 0 Å². The topological polar surface area (TPSA) is 0 Å². The average Bonchev–Trinajstić information content (AvgIpc) is 1.67. The molecule has 0 aliphatic rings. The number of halogens is 2. The molecular weight excluding hydrogens is 220 g/mol. The summed E-state index contributed by atoms with van der Waals surface area (Å²) in [6.45, 7) is 4.57. The van der Waals surface area contributed by atoms with Gasteiger partial charge in [0.05, 0.1) is 0 Å². The van der Waals surface area contributed by atoms with Crippen LogP contribution >= 0.6 is 21.6 Å². The van der Waals surface area contributed by atoms with Gasteiger partial charge in [-0.25, -0.2) is 0 Å². The Kier molecular flexibility index (Phi) is 4.91. The van der Waals surface area contributed by atoms with Crippen molar-refractivity contribution in [1.82, 2.24) is 0 Å². The Morgan fingerprint density at radius 1 is 1.50 bits per heavy atom. The van der Waals surface area contributed by atoms with Gasteiger partial charge in [0.25, 0.3) is 0 Å². The standard InChI is InChI=1S/C4H10Cl2GeSi/c1-8(2,3-5)4-7-6/h3-4H2,1-2H3. The number of alkyl halides is 1. The van der Waals surface area contributed by atoms with Gasteiger partial charge in [0.15, 0.2) is 0 Å². The Morgan fingerprint density at radius 3 is 2.12 bits per heavy atom. The number of hydrogen-bond donors (Lipinski definition) is 0. The van der Waals surface area contributed by atoms with Crippen LogP contribution in [0.4, 0.5) is 0 Å². The predicted molar refractivity (Wildman–Crippen MR) is 44.6 cm³/mol. The summed E-state index contributed by atoms with van der Waals surface area (Å²) < 4.78 is 0. The molecule has 0 nitrogen and oxygen atoms in total. The fourth-order valence-electron chi connectivity index (χ4n) is 0.228. The van der Waals surface area contributed by atoms with Crippen molar-refractivity contribution in [1.29, 1.82) is 0 Å². The van der Waals surface area contributed by atoms with Crippen LogP contribution in [0.3, 0.4) is 0 Å². The van der Waals surface area contributed by atoms with Crippen LogP contribution < -0.4 is 0 Å². The molecule has 0 saturated carbocycles. The molecule has 0 amide bonds. The van der Waals surface area contributed by atoms with E-state index in [1.807, 2.05) is 0 Å². The molecule has 0 aliphatic carbocycles. The van der Waals surface area contributed by atoms with Crippen molar-refractivity contribution >= 4 is 44.2 Å². The van der Waals surface area contributed by atoms with Crippen molar-refractivity contribution in [3.8, 4) is 0 Å². The van der Waals surface area contributed by atoms with E-state index in [0.29, 0.717) is 0 Å². The van der Waals surface area contributed by atoms with Gasteiger partial charge in [-0.05, 0) is 0 Å². The van der Waals surface area contributed by atoms with Gasteiger partial charge in [0.1, 0.15) is 0 Å². The van der Waals surface area contributed by atoms with Crippen LogP contribution in [0.25, 0.3) is 0 Å². The molecule has 2 radical (unpaired) electrons. The number of rotatable bonds is 3. The number of hydrogen-bond acceptors (Lipinski definition) is 0. The Hall–Kier alpha value is 1.34. The summed E-state index contributed by atoms with van der Waals surface area (Å²) >= 11 is 5.55. The average molecular weight is 230 g/mol. The first kappa shape index (κ1) is 9.34. The first-order chi connectivity index (χ1) is 3.62. The molecule has 0 aromatic rings. The zero-order valence-corrected chi connectivity index (χ0v) is 9.78. The van der Waals surface area contributed by atoms with Crippen LogP contribution in [-0.4, -0.2) is 28.1 Å². The van der Waals surface area contributed by atoms with Crippen LogP contribution in [0.1, 0.15) is 0 Å². The molecule has 0 N–H and O–H groups in total. The summed E-state index contributed by atoms with van der Waals surface area (Å²) in [5.74, 6) is 0. The molecule has 4 heteroatoms. The summed E-state index contributed by atoms with van der Waals surface area (Å²) in [6.07, 6.45) is 0. The summed E-state index contributed by atoms with van der Waals surface area (Å²) in [5, 5.41) is 0. The summed E-state index contributed by atoms with van der Waals surface area (Å²) in [6, 6.07) is 0. The van der Waals surface area contributed by atoms with Crippen molar-refractivity contribution < 1.29 is 0 Å². The molecule has 0 aliphatic heterocycles. The Labute approximate surface area is 67.6 Å². The molecule has 48 valence electrons. The molecule has 8 heavy (non-hydrogen) atoms. The van der Waals surface area contributed by atoms with Crippen molar-refractivity contribution in [2.24, 2.45) is 0 Å². The molecule has 0 saturated heterocycles. The maximum absolute atomic E-state index is 5.70. The van der Waals surface area contributed by atoms with E-state index < -0.39 is 8.07 Å². The fourth-order valence-corrected chi connectivity index (χ4v) is 10.7. The van der Waals surface area contributed by atoms with Gasteiger partial charge < -0.3 is 0 Å². The van der Waals surface area contributed by atoms with Gasteiger partial charge in [0.2, 0.25) is 0 Å². The quantitative estimate of drug-likeness (QED) is 0.515. The normalized spacial score (nSPS) is 12.0. The monoisotopic (exact) mass is 230 g/mol. The molecule has 0 spiro atoms. The summed E-state index contributed by atoms with van der Waals surface area (Å²) in [7, 11) is 4.68. The van der Waals surface area contributed by atoms with Crippen molar-refractivity contribution in [2.75, 3.05) is 5.50 Å².